The van der Waals surface area contributed by atoms with Crippen LogP contribution in [0.25, 0.3) is 0 Å². The highest BCUT2D eigenvalue weighted by Gasteiger charge is 2.59. The van der Waals surface area contributed by atoms with Gasteiger partial charge in [0, 0.05) is 17.4 Å². The minimum Gasteiger partial charge on any atom is -0.458 e. The van der Waals surface area contributed by atoms with E-state index in [-0.39, 0.29) is 29.5 Å². The van der Waals surface area contributed by atoms with Gasteiger partial charge in [0.05, 0.1) is 12.7 Å². The van der Waals surface area contributed by atoms with Crippen LogP contribution in [0.4, 0.5) is 0 Å². The Bertz CT molecular complexity index is 504. The molecule has 0 unspecified atom stereocenters. The van der Waals surface area contributed by atoms with E-state index in [1.54, 1.807) is 0 Å². The lowest BCUT2D eigenvalue weighted by molar-refractivity contribution is -0.231. The summed E-state index contributed by atoms with van der Waals surface area (Å²) in [7, 11) is 0. The molecule has 3 rings (SSSR count). The average molecular weight is 258 g/mol. The second kappa shape index (κ2) is 4.49. The number of carbonyl (C=O) groups excluding carboxylic acids is 1. The molecule has 2 aliphatic rings. The zero-order valence-corrected chi connectivity index (χ0v) is 11.2. The molecule has 3 nitrogen and oxygen atoms in total. The van der Waals surface area contributed by atoms with E-state index in [0.717, 1.165) is 0 Å². The van der Waals surface area contributed by atoms with E-state index in [1.165, 1.54) is 11.6 Å². The molecule has 1 aliphatic carbocycles. The quantitative estimate of drug-likeness (QED) is 0.782. The molecule has 3 heteroatoms. The zero-order valence-electron chi connectivity index (χ0n) is 11.2. The van der Waals surface area contributed by atoms with Gasteiger partial charge in [0.2, 0.25) is 0 Å². The molecule has 100 valence electrons. The van der Waals surface area contributed by atoms with Gasteiger partial charge in [-0.2, -0.15) is 0 Å². The average Bonchev–Trinajstić information content (AvgIpc) is 2.41. The van der Waals surface area contributed by atoms with Crippen molar-refractivity contribution in [2.75, 3.05) is 0 Å². The molecule has 1 saturated carbocycles. The van der Waals surface area contributed by atoms with Gasteiger partial charge >= 0.3 is 5.97 Å². The Morgan fingerprint density at radius 3 is 2.74 bits per heavy atom. The molecule has 0 radical (unpaired) electrons. The summed E-state index contributed by atoms with van der Waals surface area (Å²) >= 11 is 0. The molecule has 1 aromatic carbocycles. The molecule has 0 amide bonds. The molecular weight excluding hydrogens is 240 g/mol. The lowest BCUT2D eigenvalue weighted by Crippen LogP contribution is -2.64. The molecule has 3 atom stereocenters. The fourth-order valence-electron chi connectivity index (χ4n) is 3.07. The van der Waals surface area contributed by atoms with Crippen LogP contribution in [0.5, 0.6) is 0 Å². The highest BCUT2D eigenvalue weighted by molar-refractivity contribution is 5.83. The predicted octanol–water partition coefficient (Wildman–Crippen LogP) is 2.71. The molecule has 1 heterocycles. The van der Waals surface area contributed by atoms with Gasteiger partial charge in [-0.3, -0.25) is 0 Å². The third kappa shape index (κ3) is 2.08. The third-order valence-electron chi connectivity index (χ3n) is 4.14. The van der Waals surface area contributed by atoms with E-state index < -0.39 is 0 Å². The standard InChI is InChI=1S/C16H18O3/c1-16(2)14(12-8-9-13(17)19-15(12)16)18-10-11-6-4-3-5-7-11/h3-9,12,14-15H,10H2,1-2H3/t12-,14-,15-/m0/s1. The zero-order chi connectivity index (χ0) is 13.5. The van der Waals surface area contributed by atoms with Crippen LogP contribution in [-0.4, -0.2) is 18.2 Å². The van der Waals surface area contributed by atoms with Crippen LogP contribution < -0.4 is 0 Å². The van der Waals surface area contributed by atoms with Crippen LogP contribution in [0.15, 0.2) is 42.5 Å². The molecular formula is C16H18O3. The van der Waals surface area contributed by atoms with Gasteiger partial charge in [-0.25, -0.2) is 4.79 Å². The highest BCUT2D eigenvalue weighted by atomic mass is 16.6. The Morgan fingerprint density at radius 1 is 1.26 bits per heavy atom. The van der Waals surface area contributed by atoms with E-state index in [9.17, 15) is 4.79 Å². The van der Waals surface area contributed by atoms with Gasteiger partial charge in [0.1, 0.15) is 6.10 Å². The first-order chi connectivity index (χ1) is 9.09. The van der Waals surface area contributed by atoms with Crippen molar-refractivity contribution in [3.05, 3.63) is 48.0 Å². The first-order valence-electron chi connectivity index (χ1n) is 6.63. The lowest BCUT2D eigenvalue weighted by Gasteiger charge is -2.56. The van der Waals surface area contributed by atoms with Crippen molar-refractivity contribution in [3.8, 4) is 0 Å². The molecule has 0 bridgehead atoms. The first-order valence-corrected chi connectivity index (χ1v) is 6.63. The topological polar surface area (TPSA) is 35.5 Å². The number of hydrogen-bond donors (Lipinski definition) is 0. The van der Waals surface area contributed by atoms with Crippen LogP contribution >= 0.6 is 0 Å². The smallest absolute Gasteiger partial charge is 0.330 e. The number of hydrogen-bond acceptors (Lipinski definition) is 3. The van der Waals surface area contributed by atoms with Gasteiger partial charge < -0.3 is 9.47 Å². The minimum absolute atomic E-state index is 0.0502. The Kier molecular flexibility index (Phi) is 2.94. The van der Waals surface area contributed by atoms with Crippen LogP contribution in [-0.2, 0) is 20.9 Å². The third-order valence-corrected chi connectivity index (χ3v) is 4.14. The largest absolute Gasteiger partial charge is 0.458 e. The maximum atomic E-state index is 11.3. The van der Waals surface area contributed by atoms with Crippen LogP contribution in [0.2, 0.25) is 0 Å². The van der Waals surface area contributed by atoms with Crippen molar-refractivity contribution < 1.29 is 14.3 Å². The van der Waals surface area contributed by atoms with Crippen molar-refractivity contribution >= 4 is 5.97 Å². The molecule has 0 aromatic heterocycles. The summed E-state index contributed by atoms with van der Waals surface area (Å²) < 4.78 is 11.4. The van der Waals surface area contributed by atoms with Crippen molar-refractivity contribution in [2.24, 2.45) is 11.3 Å². The highest BCUT2D eigenvalue weighted by Crippen LogP contribution is 2.51. The van der Waals surface area contributed by atoms with E-state index in [0.29, 0.717) is 6.61 Å². The van der Waals surface area contributed by atoms with E-state index in [2.05, 4.69) is 26.0 Å². The van der Waals surface area contributed by atoms with Crippen molar-refractivity contribution in [1.29, 1.82) is 0 Å². The normalized spacial score (nSPS) is 31.3. The Morgan fingerprint density at radius 2 is 2.00 bits per heavy atom. The second-order valence-electron chi connectivity index (χ2n) is 5.83. The van der Waals surface area contributed by atoms with E-state index in [1.807, 2.05) is 24.3 Å². The summed E-state index contributed by atoms with van der Waals surface area (Å²) in [6, 6.07) is 10.1. The fourth-order valence-corrected chi connectivity index (χ4v) is 3.07. The number of ether oxygens (including phenoxy) is 2. The number of carbonyl (C=O) groups is 1. The fraction of sp³-hybridized carbons (Fsp3) is 0.438. The van der Waals surface area contributed by atoms with Gasteiger partial charge in [-0.05, 0) is 5.56 Å². The molecule has 0 spiro atoms. The van der Waals surface area contributed by atoms with Gasteiger partial charge in [-0.15, -0.1) is 0 Å². The van der Waals surface area contributed by atoms with Crippen molar-refractivity contribution in [3.63, 3.8) is 0 Å². The van der Waals surface area contributed by atoms with Crippen LogP contribution in [0.3, 0.4) is 0 Å². The maximum absolute atomic E-state index is 11.3. The molecule has 0 saturated heterocycles. The Balaban J connectivity index is 1.68. The van der Waals surface area contributed by atoms with Crippen molar-refractivity contribution in [2.45, 2.75) is 32.7 Å². The van der Waals surface area contributed by atoms with Crippen molar-refractivity contribution in [1.82, 2.24) is 0 Å². The summed E-state index contributed by atoms with van der Waals surface area (Å²) in [5.41, 5.74) is 1.04. The monoisotopic (exact) mass is 258 g/mol. The van der Waals surface area contributed by atoms with Gasteiger partial charge in [0.15, 0.2) is 0 Å². The molecule has 1 fully saturated rings. The number of benzene rings is 1. The van der Waals surface area contributed by atoms with Crippen LogP contribution in [0.1, 0.15) is 19.4 Å². The molecule has 0 N–H and O–H groups in total. The number of esters is 1. The van der Waals surface area contributed by atoms with E-state index >= 15 is 0 Å². The predicted molar refractivity (Wildman–Crippen MR) is 71.3 cm³/mol. The van der Waals surface area contributed by atoms with Crippen LogP contribution in [0, 0.1) is 11.3 Å². The summed E-state index contributed by atoms with van der Waals surface area (Å²) in [6.07, 6.45) is 3.49. The molecule has 1 aliphatic heterocycles. The Hall–Kier alpha value is -1.61. The molecule has 1 aromatic rings. The number of fused-ring (bicyclic) bond motifs is 1. The Labute approximate surface area is 113 Å². The summed E-state index contributed by atoms with van der Waals surface area (Å²) in [5, 5.41) is 0. The maximum Gasteiger partial charge on any atom is 0.330 e. The van der Waals surface area contributed by atoms with E-state index in [4.69, 9.17) is 9.47 Å². The lowest BCUT2D eigenvalue weighted by atomic mass is 9.58. The van der Waals surface area contributed by atoms with Gasteiger partial charge in [0.25, 0.3) is 0 Å². The molecule has 19 heavy (non-hydrogen) atoms. The number of rotatable bonds is 3. The SMILES string of the molecule is CC1(C)[C@@H](OCc2ccccc2)[C@@H]2C=CC(=O)O[C@@H]21. The summed E-state index contributed by atoms with van der Waals surface area (Å²) in [6.45, 7) is 4.78. The van der Waals surface area contributed by atoms with Gasteiger partial charge in [-0.1, -0.05) is 50.3 Å². The first kappa shape index (κ1) is 12.4. The summed E-state index contributed by atoms with van der Waals surface area (Å²) in [5.74, 6) is -0.0488. The minimum atomic E-state index is -0.240. The second-order valence-corrected chi connectivity index (χ2v) is 5.83. The summed E-state index contributed by atoms with van der Waals surface area (Å²) in [4.78, 5) is 11.3.